The molecule has 0 atom stereocenters. The molecule has 2 aromatic carbocycles. The summed E-state index contributed by atoms with van der Waals surface area (Å²) in [6.45, 7) is 7.70. The van der Waals surface area contributed by atoms with Crippen molar-refractivity contribution in [3.8, 4) is 11.6 Å². The molecule has 0 unspecified atom stereocenters. The molecule has 0 saturated carbocycles. The molecule has 41 heavy (non-hydrogen) atoms. The third kappa shape index (κ3) is 6.22. The lowest BCUT2D eigenvalue weighted by Gasteiger charge is -2.19. The lowest BCUT2D eigenvalue weighted by molar-refractivity contribution is -0.384. The van der Waals surface area contributed by atoms with Crippen molar-refractivity contribution in [2.75, 3.05) is 37.0 Å². The fraction of sp³-hybridized carbons (Fsp3) is 0.345. The lowest BCUT2D eigenvalue weighted by atomic mass is 9.98. The summed E-state index contributed by atoms with van der Waals surface area (Å²) in [6, 6.07) is 13.7. The van der Waals surface area contributed by atoms with Gasteiger partial charge in [0.05, 0.1) is 28.4 Å². The number of hydrogen-bond acceptors (Lipinski definition) is 10. The van der Waals surface area contributed by atoms with Crippen molar-refractivity contribution in [3.63, 3.8) is 0 Å². The second-order valence-electron chi connectivity index (χ2n) is 10.7. The molecular formula is C29H32N6O6. The number of nitrogens with one attached hydrogen (secondary N) is 1. The average Bonchev–Trinajstić information content (AvgIpc) is 3.53. The topological polar surface area (TPSA) is 134 Å². The van der Waals surface area contributed by atoms with Crippen molar-refractivity contribution >= 4 is 40.0 Å². The van der Waals surface area contributed by atoms with Crippen molar-refractivity contribution in [2.24, 2.45) is 5.41 Å². The van der Waals surface area contributed by atoms with Gasteiger partial charge in [-0.25, -0.2) is 0 Å². The average molecular weight is 561 g/mol. The Balaban J connectivity index is 1.48. The van der Waals surface area contributed by atoms with E-state index in [9.17, 15) is 14.9 Å². The van der Waals surface area contributed by atoms with Crippen LogP contribution < -0.4 is 15.0 Å². The van der Waals surface area contributed by atoms with Crippen LogP contribution in [0.1, 0.15) is 26.3 Å². The first-order valence-electron chi connectivity index (χ1n) is 13.2. The maximum absolute atomic E-state index is 12.4. The van der Waals surface area contributed by atoms with E-state index in [0.29, 0.717) is 17.6 Å². The number of aromatic nitrogens is 3. The Hall–Kier alpha value is -4.71. The first kappa shape index (κ1) is 27.8. The molecule has 0 saturated heterocycles. The normalized spacial score (nSPS) is 12.8. The van der Waals surface area contributed by atoms with Crippen molar-refractivity contribution in [1.29, 1.82) is 0 Å². The van der Waals surface area contributed by atoms with Gasteiger partial charge in [-0.3, -0.25) is 19.5 Å². The number of nitrogens with zero attached hydrogens (tertiary/aromatic N) is 5. The molecule has 0 fully saturated rings. The minimum Gasteiger partial charge on any atom is -0.443 e. The summed E-state index contributed by atoms with van der Waals surface area (Å²) in [5.74, 6) is 0.364. The number of esters is 1. The summed E-state index contributed by atoms with van der Waals surface area (Å²) in [5.41, 5.74) is 2.89. The van der Waals surface area contributed by atoms with Gasteiger partial charge in [0.1, 0.15) is 5.75 Å². The van der Waals surface area contributed by atoms with Crippen LogP contribution in [0.2, 0.25) is 0 Å². The van der Waals surface area contributed by atoms with E-state index in [0.717, 1.165) is 25.2 Å². The van der Waals surface area contributed by atoms with Gasteiger partial charge in [-0.1, -0.05) is 6.07 Å². The molecule has 5 rings (SSSR count). The number of ether oxygens (including phenoxy) is 3. The standard InChI is InChI=1S/C29H32N6O6/c1-29(2,3)27(36)40-18-34-13-11-23-25(34)31-28(32-26(23)41-22-7-5-6-21(17-22)35(37)38)30-20-8-9-24-19(16-20)10-12-33(24)14-15-39-4/h5-9,11,13,16-17H,10,12,14-15,18H2,1-4H3,(H,30,31,32). The summed E-state index contributed by atoms with van der Waals surface area (Å²) < 4.78 is 18.5. The van der Waals surface area contributed by atoms with E-state index < -0.39 is 10.3 Å². The van der Waals surface area contributed by atoms with Gasteiger partial charge in [0.15, 0.2) is 12.4 Å². The minimum atomic E-state index is -0.659. The van der Waals surface area contributed by atoms with Crippen LogP contribution in [0.25, 0.3) is 11.0 Å². The van der Waals surface area contributed by atoms with E-state index in [1.165, 1.54) is 23.4 Å². The zero-order chi connectivity index (χ0) is 29.1. The highest BCUT2D eigenvalue weighted by Crippen LogP contribution is 2.34. The number of carbonyl (C=O) groups excluding carboxylic acids is 1. The van der Waals surface area contributed by atoms with E-state index in [2.05, 4.69) is 27.3 Å². The predicted molar refractivity (Wildman–Crippen MR) is 154 cm³/mol. The number of anilines is 3. The van der Waals surface area contributed by atoms with Gasteiger partial charge in [0, 0.05) is 43.8 Å². The monoisotopic (exact) mass is 560 g/mol. The minimum absolute atomic E-state index is 0.0531. The number of carbonyl (C=O) groups is 1. The van der Waals surface area contributed by atoms with Gasteiger partial charge in [-0.2, -0.15) is 9.97 Å². The van der Waals surface area contributed by atoms with Crippen molar-refractivity contribution in [3.05, 3.63) is 70.4 Å². The molecule has 3 heterocycles. The van der Waals surface area contributed by atoms with Gasteiger partial charge < -0.3 is 24.4 Å². The van der Waals surface area contributed by atoms with Crippen molar-refractivity contribution in [2.45, 2.75) is 33.9 Å². The molecular weight excluding hydrogens is 528 g/mol. The summed E-state index contributed by atoms with van der Waals surface area (Å²) in [6.07, 6.45) is 2.64. The quantitative estimate of drug-likeness (QED) is 0.152. The maximum Gasteiger partial charge on any atom is 0.312 e. The van der Waals surface area contributed by atoms with E-state index >= 15 is 0 Å². The number of rotatable bonds is 10. The molecule has 0 radical (unpaired) electrons. The Bertz CT molecular complexity index is 1590. The first-order valence-corrected chi connectivity index (χ1v) is 13.2. The fourth-order valence-corrected chi connectivity index (χ4v) is 4.50. The van der Waals surface area contributed by atoms with Crippen LogP contribution in [0.4, 0.5) is 23.0 Å². The number of nitro benzene ring substituents is 1. The van der Waals surface area contributed by atoms with Crippen molar-refractivity contribution in [1.82, 2.24) is 14.5 Å². The van der Waals surface area contributed by atoms with Gasteiger partial charge in [0.2, 0.25) is 11.8 Å². The number of nitro groups is 1. The number of fused-ring (bicyclic) bond motifs is 2. The van der Waals surface area contributed by atoms with Crippen LogP contribution in [0.5, 0.6) is 11.6 Å². The zero-order valence-corrected chi connectivity index (χ0v) is 23.4. The van der Waals surface area contributed by atoms with Crippen LogP contribution in [0.3, 0.4) is 0 Å². The second-order valence-corrected chi connectivity index (χ2v) is 10.7. The molecule has 4 aromatic rings. The summed E-state index contributed by atoms with van der Waals surface area (Å²) in [4.78, 5) is 34.8. The smallest absolute Gasteiger partial charge is 0.312 e. The lowest BCUT2D eigenvalue weighted by Crippen LogP contribution is -2.24. The van der Waals surface area contributed by atoms with E-state index in [1.54, 1.807) is 56.8 Å². The number of benzene rings is 2. The fourth-order valence-electron chi connectivity index (χ4n) is 4.50. The van der Waals surface area contributed by atoms with Gasteiger partial charge >= 0.3 is 5.97 Å². The van der Waals surface area contributed by atoms with Crippen LogP contribution in [-0.4, -0.2) is 52.2 Å². The Morgan fingerprint density at radius 3 is 2.73 bits per heavy atom. The highest BCUT2D eigenvalue weighted by atomic mass is 16.6. The molecule has 0 amide bonds. The number of hydrogen-bond donors (Lipinski definition) is 1. The second kappa shape index (κ2) is 11.4. The molecule has 0 aliphatic carbocycles. The molecule has 0 bridgehead atoms. The first-order chi connectivity index (χ1) is 19.6. The maximum atomic E-state index is 12.4. The molecule has 214 valence electrons. The predicted octanol–water partition coefficient (Wildman–Crippen LogP) is 5.43. The number of non-ortho nitro benzene ring substituents is 1. The van der Waals surface area contributed by atoms with Gasteiger partial charge in [-0.05, 0) is 63.1 Å². The molecule has 1 N–H and O–H groups in total. The van der Waals surface area contributed by atoms with Crippen LogP contribution in [-0.2, 0) is 27.4 Å². The summed E-state index contributed by atoms with van der Waals surface area (Å²) in [5, 5.41) is 15.1. The van der Waals surface area contributed by atoms with Crippen LogP contribution in [0.15, 0.2) is 54.7 Å². The summed E-state index contributed by atoms with van der Waals surface area (Å²) in [7, 11) is 1.70. The number of methoxy groups -OCH3 is 1. The SMILES string of the molecule is COCCN1CCc2cc(Nc3nc(Oc4cccc([N+](=O)[O-])c4)c4ccn(COC(=O)C(C)(C)C)c4n3)ccc21. The van der Waals surface area contributed by atoms with Crippen LogP contribution >= 0.6 is 0 Å². The molecule has 1 aliphatic rings. The highest BCUT2D eigenvalue weighted by Gasteiger charge is 2.24. The van der Waals surface area contributed by atoms with Gasteiger partial charge in [-0.15, -0.1) is 0 Å². The van der Waals surface area contributed by atoms with E-state index in [4.69, 9.17) is 19.2 Å². The third-order valence-corrected chi connectivity index (χ3v) is 6.67. The Morgan fingerprint density at radius 2 is 1.98 bits per heavy atom. The van der Waals surface area contributed by atoms with Gasteiger partial charge in [0.25, 0.3) is 5.69 Å². The Kier molecular flexibility index (Phi) is 7.75. The summed E-state index contributed by atoms with van der Waals surface area (Å²) >= 11 is 0. The highest BCUT2D eigenvalue weighted by molar-refractivity contribution is 5.84. The van der Waals surface area contributed by atoms with Crippen molar-refractivity contribution < 1.29 is 23.9 Å². The molecule has 0 spiro atoms. The van der Waals surface area contributed by atoms with E-state index in [-0.39, 0.29) is 36.0 Å². The third-order valence-electron chi connectivity index (χ3n) is 6.67. The zero-order valence-electron chi connectivity index (χ0n) is 23.4. The molecule has 2 aromatic heterocycles. The molecule has 12 nitrogen and oxygen atoms in total. The molecule has 12 heteroatoms. The largest absolute Gasteiger partial charge is 0.443 e. The molecule has 1 aliphatic heterocycles. The van der Waals surface area contributed by atoms with Crippen LogP contribution in [0, 0.1) is 15.5 Å². The Morgan fingerprint density at radius 1 is 1.15 bits per heavy atom. The Labute approximate surface area is 237 Å². The van der Waals surface area contributed by atoms with E-state index in [1.807, 2.05) is 6.07 Å².